The standard InChI is InChI=1S/C12H24BO5P/c1-5-9(4)18-19(14,15)16-7-11-10(8(2)3)6-12(13)17-11/h8-12H,5-7H2,1-4H3,(H,14,15)/t9?,10?,11-,12-/m1/s1. The van der Waals surface area contributed by atoms with E-state index in [1.807, 2.05) is 6.92 Å². The molecule has 0 aromatic carbocycles. The average Bonchev–Trinajstić information content (AvgIpc) is 2.67. The molecule has 7 heteroatoms. The summed E-state index contributed by atoms with van der Waals surface area (Å²) in [6.45, 7) is 7.78. The van der Waals surface area contributed by atoms with Crippen LogP contribution in [-0.2, 0) is 18.3 Å². The molecule has 0 amide bonds. The van der Waals surface area contributed by atoms with Crippen LogP contribution in [0.3, 0.4) is 0 Å². The zero-order chi connectivity index (χ0) is 14.6. The van der Waals surface area contributed by atoms with Crippen molar-refractivity contribution in [2.75, 3.05) is 6.61 Å². The van der Waals surface area contributed by atoms with Crippen LogP contribution in [-0.4, -0.2) is 37.6 Å². The summed E-state index contributed by atoms with van der Waals surface area (Å²) in [5.41, 5.74) is 0. The largest absolute Gasteiger partial charge is 0.472 e. The minimum atomic E-state index is -4.01. The summed E-state index contributed by atoms with van der Waals surface area (Å²) in [6.07, 6.45) is 0.820. The summed E-state index contributed by atoms with van der Waals surface area (Å²) in [7, 11) is 1.74. The molecule has 1 saturated heterocycles. The van der Waals surface area contributed by atoms with Crippen LogP contribution in [0.25, 0.3) is 0 Å². The monoisotopic (exact) mass is 290 g/mol. The maximum atomic E-state index is 11.7. The zero-order valence-corrected chi connectivity index (χ0v) is 13.0. The van der Waals surface area contributed by atoms with Crippen LogP contribution in [0.5, 0.6) is 0 Å². The molecule has 1 heterocycles. The number of rotatable bonds is 7. The Morgan fingerprint density at radius 1 is 1.47 bits per heavy atom. The first kappa shape index (κ1) is 17.2. The van der Waals surface area contributed by atoms with Crippen LogP contribution >= 0.6 is 7.82 Å². The molecule has 1 N–H and O–H groups in total. The van der Waals surface area contributed by atoms with Crippen molar-refractivity contribution < 1.29 is 23.2 Å². The number of phosphoric ester groups is 1. The van der Waals surface area contributed by atoms with E-state index >= 15 is 0 Å². The summed E-state index contributed by atoms with van der Waals surface area (Å²) in [4.78, 5) is 9.59. The Hall–Kier alpha value is 0.135. The molecular weight excluding hydrogens is 266 g/mol. The van der Waals surface area contributed by atoms with E-state index in [0.29, 0.717) is 12.3 Å². The molecule has 19 heavy (non-hydrogen) atoms. The fourth-order valence-corrected chi connectivity index (χ4v) is 3.17. The van der Waals surface area contributed by atoms with Crippen molar-refractivity contribution in [1.29, 1.82) is 0 Å². The van der Waals surface area contributed by atoms with Gasteiger partial charge in [-0.2, -0.15) is 0 Å². The number of hydrogen-bond donors (Lipinski definition) is 1. The molecule has 1 aliphatic rings. The second kappa shape index (κ2) is 7.23. The van der Waals surface area contributed by atoms with E-state index < -0.39 is 7.82 Å². The lowest BCUT2D eigenvalue weighted by Gasteiger charge is -2.23. The van der Waals surface area contributed by atoms with E-state index in [1.165, 1.54) is 0 Å². The van der Waals surface area contributed by atoms with Crippen molar-refractivity contribution in [3.05, 3.63) is 0 Å². The van der Waals surface area contributed by atoms with Crippen LogP contribution in [0.15, 0.2) is 0 Å². The fourth-order valence-electron chi connectivity index (χ4n) is 2.17. The molecule has 1 fully saturated rings. The van der Waals surface area contributed by atoms with Crippen molar-refractivity contribution in [3.63, 3.8) is 0 Å². The molecule has 5 nitrogen and oxygen atoms in total. The Morgan fingerprint density at radius 3 is 2.63 bits per heavy atom. The van der Waals surface area contributed by atoms with Gasteiger partial charge in [0, 0.05) is 6.00 Å². The van der Waals surface area contributed by atoms with Gasteiger partial charge in [0.1, 0.15) is 7.85 Å². The molecule has 0 bridgehead atoms. The van der Waals surface area contributed by atoms with E-state index in [9.17, 15) is 9.46 Å². The quantitative estimate of drug-likeness (QED) is 0.576. The number of hydrogen-bond acceptors (Lipinski definition) is 4. The summed E-state index contributed by atoms with van der Waals surface area (Å²) in [6, 6.07) is -0.324. The first-order valence-corrected chi connectivity index (χ1v) is 8.31. The van der Waals surface area contributed by atoms with Gasteiger partial charge in [0.15, 0.2) is 0 Å². The zero-order valence-electron chi connectivity index (χ0n) is 12.1. The fraction of sp³-hybridized carbons (Fsp3) is 1.00. The molecule has 110 valence electrons. The first-order chi connectivity index (χ1) is 8.75. The van der Waals surface area contributed by atoms with Crippen LogP contribution in [0, 0.1) is 11.8 Å². The van der Waals surface area contributed by atoms with Crippen LogP contribution in [0.1, 0.15) is 40.5 Å². The molecular formula is C12H24BO5P. The van der Waals surface area contributed by atoms with Gasteiger partial charge in [-0.05, 0) is 31.6 Å². The van der Waals surface area contributed by atoms with Gasteiger partial charge in [-0.1, -0.05) is 20.8 Å². The normalized spacial score (nSPS) is 32.4. The maximum Gasteiger partial charge on any atom is 0.472 e. The lowest BCUT2D eigenvalue weighted by atomic mass is 9.84. The summed E-state index contributed by atoms with van der Waals surface area (Å²) in [5.74, 6) is 0.620. The Morgan fingerprint density at radius 2 is 2.11 bits per heavy atom. The Balaban J connectivity index is 2.48. The molecule has 5 atom stereocenters. The lowest BCUT2D eigenvalue weighted by molar-refractivity contribution is 0.00935. The van der Waals surface area contributed by atoms with Crippen molar-refractivity contribution in [1.82, 2.24) is 0 Å². The predicted octanol–water partition coefficient (Wildman–Crippen LogP) is 2.47. The highest BCUT2D eigenvalue weighted by atomic mass is 31.2. The lowest BCUT2D eigenvalue weighted by Crippen LogP contribution is -2.26. The number of ether oxygens (including phenoxy) is 1. The molecule has 1 rings (SSSR count). The highest BCUT2D eigenvalue weighted by Crippen LogP contribution is 2.46. The number of phosphoric acid groups is 1. The second-order valence-corrected chi connectivity index (χ2v) is 6.85. The second-order valence-electron chi connectivity index (χ2n) is 5.45. The summed E-state index contributed by atoms with van der Waals surface area (Å²) >= 11 is 0. The SMILES string of the molecule is [B][C@H]1CC(C(C)C)[C@@H](COP(=O)(O)OC(C)CC)O1. The van der Waals surface area contributed by atoms with Crippen LogP contribution in [0.4, 0.5) is 0 Å². The maximum absolute atomic E-state index is 11.7. The van der Waals surface area contributed by atoms with Gasteiger partial charge in [0.25, 0.3) is 0 Å². The Labute approximate surface area is 117 Å². The molecule has 0 spiro atoms. The Kier molecular flexibility index (Phi) is 6.54. The van der Waals surface area contributed by atoms with Crippen molar-refractivity contribution >= 4 is 15.7 Å². The van der Waals surface area contributed by atoms with Gasteiger partial charge >= 0.3 is 7.82 Å². The highest BCUT2D eigenvalue weighted by Gasteiger charge is 2.36. The topological polar surface area (TPSA) is 65.0 Å². The van der Waals surface area contributed by atoms with E-state index in [2.05, 4.69) is 13.8 Å². The van der Waals surface area contributed by atoms with Crippen LogP contribution in [0.2, 0.25) is 0 Å². The molecule has 0 saturated carbocycles. The van der Waals surface area contributed by atoms with Crippen molar-refractivity contribution in [2.24, 2.45) is 11.8 Å². The van der Waals surface area contributed by atoms with Gasteiger partial charge in [0.2, 0.25) is 0 Å². The van der Waals surface area contributed by atoms with E-state index in [0.717, 1.165) is 6.42 Å². The van der Waals surface area contributed by atoms with Gasteiger partial charge in [-0.3, -0.25) is 9.05 Å². The molecule has 0 aliphatic carbocycles. The highest BCUT2D eigenvalue weighted by molar-refractivity contribution is 7.47. The first-order valence-electron chi connectivity index (χ1n) is 6.82. The minimum absolute atomic E-state index is 0.0285. The molecule has 0 aromatic heterocycles. The molecule has 3 unspecified atom stereocenters. The third-order valence-electron chi connectivity index (χ3n) is 3.48. The smallest absolute Gasteiger partial charge is 0.382 e. The van der Waals surface area contributed by atoms with Gasteiger partial charge in [-0.15, -0.1) is 0 Å². The van der Waals surface area contributed by atoms with Crippen molar-refractivity contribution in [2.45, 2.75) is 58.7 Å². The van der Waals surface area contributed by atoms with Gasteiger partial charge < -0.3 is 9.63 Å². The van der Waals surface area contributed by atoms with Gasteiger partial charge in [-0.25, -0.2) is 4.57 Å². The molecule has 0 aromatic rings. The van der Waals surface area contributed by atoms with E-state index in [1.54, 1.807) is 6.92 Å². The summed E-state index contributed by atoms with van der Waals surface area (Å²) in [5, 5.41) is 0. The summed E-state index contributed by atoms with van der Waals surface area (Å²) < 4.78 is 27.2. The third kappa shape index (κ3) is 5.56. The average molecular weight is 290 g/mol. The van der Waals surface area contributed by atoms with Gasteiger partial charge in [0.05, 0.1) is 18.8 Å². The predicted molar refractivity (Wildman–Crippen MR) is 74.0 cm³/mol. The van der Waals surface area contributed by atoms with Crippen molar-refractivity contribution in [3.8, 4) is 0 Å². The third-order valence-corrected chi connectivity index (χ3v) is 4.58. The van der Waals surface area contributed by atoms with Crippen LogP contribution < -0.4 is 0 Å². The van der Waals surface area contributed by atoms with E-state index in [4.69, 9.17) is 21.6 Å². The molecule has 2 radical (unpaired) electrons. The minimum Gasteiger partial charge on any atom is -0.382 e. The Bertz CT molecular complexity index is 325. The molecule has 1 aliphatic heterocycles. The van der Waals surface area contributed by atoms with E-state index in [-0.39, 0.29) is 30.7 Å².